The lowest BCUT2D eigenvalue weighted by atomic mass is 10.2. The van der Waals surface area contributed by atoms with Crippen LogP contribution in [0.2, 0.25) is 0 Å². The number of nitrogens with zero attached hydrogens (tertiary/aromatic N) is 3. The summed E-state index contributed by atoms with van der Waals surface area (Å²) in [5, 5.41) is 9.10. The third-order valence-electron chi connectivity index (χ3n) is 2.83. The topological polar surface area (TPSA) is 66.3 Å². The van der Waals surface area contributed by atoms with Crippen molar-refractivity contribution in [3.63, 3.8) is 0 Å². The normalized spacial score (nSPS) is 10.2. The molecule has 5 heteroatoms. The van der Waals surface area contributed by atoms with E-state index in [1.54, 1.807) is 18.3 Å². The van der Waals surface area contributed by atoms with Crippen LogP contribution >= 0.6 is 0 Å². The zero-order valence-electron chi connectivity index (χ0n) is 10.7. The number of hydrogen-bond acceptors (Lipinski definition) is 4. The summed E-state index contributed by atoms with van der Waals surface area (Å²) in [6.45, 7) is 0.684. The molecule has 2 aromatic rings. The Kier molecular flexibility index (Phi) is 4.07. The van der Waals surface area contributed by atoms with E-state index in [4.69, 9.17) is 5.11 Å². The molecule has 0 radical (unpaired) electrons. The highest BCUT2D eigenvalue weighted by Gasteiger charge is 2.14. The number of anilines is 1. The minimum absolute atomic E-state index is 0.0750. The van der Waals surface area contributed by atoms with Crippen molar-refractivity contribution in [3.8, 4) is 0 Å². The maximum absolute atomic E-state index is 11.1. The van der Waals surface area contributed by atoms with Gasteiger partial charge in [0.1, 0.15) is 0 Å². The molecule has 0 amide bonds. The average molecular weight is 257 g/mol. The Morgan fingerprint density at radius 3 is 2.68 bits per heavy atom. The Balaban J connectivity index is 2.08. The SMILES string of the molecule is CN(CCc1ccccn1)c1cccnc1C(=O)O. The molecule has 0 aliphatic heterocycles. The highest BCUT2D eigenvalue weighted by atomic mass is 16.4. The van der Waals surface area contributed by atoms with Crippen LogP contribution in [0.25, 0.3) is 0 Å². The fourth-order valence-corrected chi connectivity index (χ4v) is 1.82. The van der Waals surface area contributed by atoms with Crippen molar-refractivity contribution in [2.45, 2.75) is 6.42 Å². The molecule has 5 nitrogen and oxygen atoms in total. The number of pyridine rings is 2. The number of aromatic carboxylic acids is 1. The van der Waals surface area contributed by atoms with Crippen molar-refractivity contribution < 1.29 is 9.90 Å². The third kappa shape index (κ3) is 3.28. The van der Waals surface area contributed by atoms with Crippen LogP contribution in [0.15, 0.2) is 42.7 Å². The lowest BCUT2D eigenvalue weighted by Crippen LogP contribution is -2.23. The summed E-state index contributed by atoms with van der Waals surface area (Å²) < 4.78 is 0. The number of carboxylic acids is 1. The van der Waals surface area contributed by atoms with Gasteiger partial charge in [-0.25, -0.2) is 9.78 Å². The van der Waals surface area contributed by atoms with Crippen LogP contribution in [0, 0.1) is 0 Å². The largest absolute Gasteiger partial charge is 0.476 e. The van der Waals surface area contributed by atoms with Gasteiger partial charge in [-0.1, -0.05) is 6.07 Å². The van der Waals surface area contributed by atoms with Crippen molar-refractivity contribution >= 4 is 11.7 Å². The van der Waals surface area contributed by atoms with Crippen LogP contribution in [0.4, 0.5) is 5.69 Å². The number of rotatable bonds is 5. The van der Waals surface area contributed by atoms with Gasteiger partial charge in [0.15, 0.2) is 5.69 Å². The van der Waals surface area contributed by atoms with Gasteiger partial charge in [-0.05, 0) is 24.3 Å². The third-order valence-corrected chi connectivity index (χ3v) is 2.83. The second kappa shape index (κ2) is 5.95. The Bertz CT molecular complexity index is 558. The summed E-state index contributed by atoms with van der Waals surface area (Å²) in [4.78, 5) is 21.1. The first kappa shape index (κ1) is 13.0. The molecule has 2 rings (SSSR count). The van der Waals surface area contributed by atoms with Gasteiger partial charge in [-0.15, -0.1) is 0 Å². The number of hydrogen-bond donors (Lipinski definition) is 1. The van der Waals surface area contributed by atoms with Gasteiger partial charge in [0.2, 0.25) is 0 Å². The lowest BCUT2D eigenvalue weighted by molar-refractivity contribution is 0.0691. The van der Waals surface area contributed by atoms with Gasteiger partial charge in [0, 0.05) is 38.1 Å². The zero-order valence-corrected chi connectivity index (χ0v) is 10.7. The molecule has 0 aliphatic carbocycles. The summed E-state index contributed by atoms with van der Waals surface area (Å²) in [7, 11) is 1.85. The summed E-state index contributed by atoms with van der Waals surface area (Å²) in [5.74, 6) is -1.01. The van der Waals surface area contributed by atoms with Crippen molar-refractivity contribution in [1.82, 2.24) is 9.97 Å². The average Bonchev–Trinajstić information content (AvgIpc) is 2.46. The maximum Gasteiger partial charge on any atom is 0.356 e. The Labute approximate surface area is 111 Å². The maximum atomic E-state index is 11.1. The molecule has 19 heavy (non-hydrogen) atoms. The first-order valence-corrected chi connectivity index (χ1v) is 5.98. The number of aromatic nitrogens is 2. The van der Waals surface area contributed by atoms with Crippen LogP contribution in [-0.4, -0.2) is 34.6 Å². The van der Waals surface area contributed by atoms with Gasteiger partial charge in [-0.2, -0.15) is 0 Å². The highest BCUT2D eigenvalue weighted by Crippen LogP contribution is 2.16. The molecule has 0 aromatic carbocycles. The molecule has 2 aromatic heterocycles. The fourth-order valence-electron chi connectivity index (χ4n) is 1.82. The first-order valence-electron chi connectivity index (χ1n) is 5.98. The Morgan fingerprint density at radius 1 is 1.21 bits per heavy atom. The number of carbonyl (C=O) groups is 1. The second-order valence-electron chi connectivity index (χ2n) is 4.17. The Hall–Kier alpha value is -2.43. The van der Waals surface area contributed by atoms with Crippen molar-refractivity contribution in [2.75, 3.05) is 18.5 Å². The monoisotopic (exact) mass is 257 g/mol. The predicted molar refractivity (Wildman–Crippen MR) is 72.4 cm³/mol. The van der Waals surface area contributed by atoms with Crippen LogP contribution < -0.4 is 4.90 Å². The van der Waals surface area contributed by atoms with E-state index in [9.17, 15) is 4.79 Å². The van der Waals surface area contributed by atoms with Crippen molar-refractivity contribution in [2.24, 2.45) is 0 Å². The van der Waals surface area contributed by atoms with E-state index >= 15 is 0 Å². The molecule has 1 N–H and O–H groups in total. The minimum Gasteiger partial charge on any atom is -0.476 e. The minimum atomic E-state index is -1.01. The molecule has 2 heterocycles. The van der Waals surface area contributed by atoms with E-state index in [1.807, 2.05) is 30.1 Å². The van der Waals surface area contributed by atoms with Crippen LogP contribution in [-0.2, 0) is 6.42 Å². The molecule has 0 saturated carbocycles. The second-order valence-corrected chi connectivity index (χ2v) is 4.17. The summed E-state index contributed by atoms with van der Waals surface area (Å²) in [6, 6.07) is 9.26. The van der Waals surface area contributed by atoms with Gasteiger partial charge in [0.05, 0.1) is 5.69 Å². The molecule has 0 saturated heterocycles. The fraction of sp³-hybridized carbons (Fsp3) is 0.214. The molecule has 0 atom stereocenters. The number of carboxylic acid groups (broad SMARTS) is 1. The van der Waals surface area contributed by atoms with E-state index in [1.165, 1.54) is 6.20 Å². The molecular weight excluding hydrogens is 242 g/mol. The van der Waals surface area contributed by atoms with Gasteiger partial charge >= 0.3 is 5.97 Å². The van der Waals surface area contributed by atoms with Crippen molar-refractivity contribution in [3.05, 3.63) is 54.1 Å². The molecule has 0 bridgehead atoms. The van der Waals surface area contributed by atoms with Crippen LogP contribution in [0.5, 0.6) is 0 Å². The summed E-state index contributed by atoms with van der Waals surface area (Å²) in [6.07, 6.45) is 3.99. The highest BCUT2D eigenvalue weighted by molar-refractivity contribution is 5.92. The molecule has 0 fully saturated rings. The van der Waals surface area contributed by atoms with E-state index in [2.05, 4.69) is 9.97 Å². The van der Waals surface area contributed by atoms with Gasteiger partial charge in [0.25, 0.3) is 0 Å². The Morgan fingerprint density at radius 2 is 2.00 bits per heavy atom. The molecule has 0 spiro atoms. The van der Waals surface area contributed by atoms with Gasteiger partial charge < -0.3 is 10.0 Å². The number of likely N-dealkylation sites (N-methyl/N-ethyl adjacent to an activating group) is 1. The standard InChI is InChI=1S/C14H15N3O2/c1-17(10-7-11-5-2-3-8-15-11)12-6-4-9-16-13(12)14(18)19/h2-6,8-9H,7,10H2,1H3,(H,18,19). The molecule has 0 unspecified atom stereocenters. The van der Waals surface area contributed by atoms with E-state index < -0.39 is 5.97 Å². The molecule has 0 aliphatic rings. The predicted octanol–water partition coefficient (Wildman–Crippen LogP) is 1.85. The van der Waals surface area contributed by atoms with Crippen molar-refractivity contribution in [1.29, 1.82) is 0 Å². The molecular formula is C14H15N3O2. The van der Waals surface area contributed by atoms with Gasteiger partial charge in [-0.3, -0.25) is 4.98 Å². The first-order chi connectivity index (χ1) is 9.18. The van der Waals surface area contributed by atoms with E-state index in [-0.39, 0.29) is 5.69 Å². The zero-order chi connectivity index (χ0) is 13.7. The van der Waals surface area contributed by atoms with Crippen LogP contribution in [0.1, 0.15) is 16.2 Å². The smallest absolute Gasteiger partial charge is 0.356 e. The molecule has 98 valence electrons. The van der Waals surface area contributed by atoms with Crippen LogP contribution in [0.3, 0.4) is 0 Å². The van der Waals surface area contributed by atoms with E-state index in [0.29, 0.717) is 12.2 Å². The lowest BCUT2D eigenvalue weighted by Gasteiger charge is -2.20. The quantitative estimate of drug-likeness (QED) is 0.885. The summed E-state index contributed by atoms with van der Waals surface area (Å²) >= 11 is 0. The van der Waals surface area contributed by atoms with E-state index in [0.717, 1.165) is 12.1 Å². The summed E-state index contributed by atoms with van der Waals surface area (Å²) in [5.41, 5.74) is 1.67.